The van der Waals surface area contributed by atoms with Crippen molar-refractivity contribution in [2.75, 3.05) is 5.06 Å². The Bertz CT molecular complexity index is 1230. The van der Waals surface area contributed by atoms with E-state index >= 15 is 0 Å². The summed E-state index contributed by atoms with van der Waals surface area (Å²) in [5.41, 5.74) is 8.31. The summed E-state index contributed by atoms with van der Waals surface area (Å²) in [4.78, 5) is 22.3. The molecule has 1 amide bonds. The highest BCUT2D eigenvalue weighted by molar-refractivity contribution is 7.18. The molecule has 2 N–H and O–H groups in total. The van der Waals surface area contributed by atoms with Gasteiger partial charge in [-0.2, -0.15) is 5.06 Å². The second kappa shape index (κ2) is 6.52. The SMILES string of the molecule is NC(=O)C1ON(c2nnc(-c3ccccc3Cl)s2)c2c1ccc1cccnc21. The van der Waals surface area contributed by atoms with Crippen LogP contribution in [0, 0.1) is 0 Å². The predicted molar refractivity (Wildman–Crippen MR) is 107 cm³/mol. The maximum absolute atomic E-state index is 11.9. The Kier molecular flexibility index (Phi) is 3.97. The van der Waals surface area contributed by atoms with Crippen LogP contribution < -0.4 is 10.8 Å². The predicted octanol–water partition coefficient (Wildman–Crippen LogP) is 4.02. The van der Waals surface area contributed by atoms with Crippen molar-refractivity contribution in [3.63, 3.8) is 0 Å². The Morgan fingerprint density at radius 3 is 2.82 bits per heavy atom. The van der Waals surface area contributed by atoms with Crippen LogP contribution in [0.1, 0.15) is 11.7 Å². The molecule has 0 saturated heterocycles. The van der Waals surface area contributed by atoms with Gasteiger partial charge in [0.1, 0.15) is 5.69 Å². The summed E-state index contributed by atoms with van der Waals surface area (Å²) in [6.07, 6.45) is 0.766. The fraction of sp³-hybridized carbons (Fsp3) is 0.0526. The fourth-order valence-corrected chi connectivity index (χ4v) is 4.29. The third-order valence-electron chi connectivity index (χ3n) is 4.43. The number of carbonyl (C=O) groups is 1. The summed E-state index contributed by atoms with van der Waals surface area (Å²) in [5, 5.41) is 12.6. The second-order valence-electron chi connectivity index (χ2n) is 6.13. The van der Waals surface area contributed by atoms with Crippen LogP contribution in [0.4, 0.5) is 10.8 Å². The summed E-state index contributed by atoms with van der Waals surface area (Å²) in [7, 11) is 0. The molecule has 28 heavy (non-hydrogen) atoms. The Morgan fingerprint density at radius 2 is 2.00 bits per heavy atom. The smallest absolute Gasteiger partial charge is 0.254 e. The van der Waals surface area contributed by atoms with Crippen molar-refractivity contribution in [2.24, 2.45) is 5.73 Å². The van der Waals surface area contributed by atoms with E-state index in [1.54, 1.807) is 12.3 Å². The summed E-state index contributed by atoms with van der Waals surface area (Å²) in [5.74, 6) is -0.588. The van der Waals surface area contributed by atoms with Gasteiger partial charge in [-0.15, -0.1) is 10.2 Å². The first-order valence-corrected chi connectivity index (χ1v) is 9.55. The zero-order valence-electron chi connectivity index (χ0n) is 14.2. The quantitative estimate of drug-likeness (QED) is 0.549. The van der Waals surface area contributed by atoms with Gasteiger partial charge in [-0.05, 0) is 12.1 Å². The molecule has 1 atom stereocenters. The first-order chi connectivity index (χ1) is 13.6. The molecule has 5 rings (SSSR count). The van der Waals surface area contributed by atoms with Crippen LogP contribution in [-0.4, -0.2) is 21.1 Å². The number of hydrogen-bond acceptors (Lipinski definition) is 7. The van der Waals surface area contributed by atoms with E-state index in [-0.39, 0.29) is 0 Å². The lowest BCUT2D eigenvalue weighted by atomic mass is 10.0. The Labute approximate surface area is 168 Å². The largest absolute Gasteiger partial charge is 0.367 e. The third kappa shape index (κ3) is 2.62. The molecule has 1 aliphatic heterocycles. The van der Waals surface area contributed by atoms with Gasteiger partial charge in [-0.3, -0.25) is 9.78 Å². The van der Waals surface area contributed by atoms with Crippen molar-refractivity contribution < 1.29 is 9.63 Å². The van der Waals surface area contributed by atoms with Crippen LogP contribution in [0.15, 0.2) is 54.7 Å². The molecule has 0 radical (unpaired) electrons. The number of benzene rings is 2. The number of anilines is 2. The van der Waals surface area contributed by atoms with Crippen molar-refractivity contribution in [3.05, 3.63) is 65.3 Å². The summed E-state index contributed by atoms with van der Waals surface area (Å²) in [6.45, 7) is 0. The fourth-order valence-electron chi connectivity index (χ4n) is 3.17. The van der Waals surface area contributed by atoms with Crippen LogP contribution in [0.2, 0.25) is 5.02 Å². The van der Waals surface area contributed by atoms with Gasteiger partial charge in [0.25, 0.3) is 5.91 Å². The van der Waals surface area contributed by atoms with Gasteiger partial charge in [0.15, 0.2) is 11.1 Å². The first kappa shape index (κ1) is 17.1. The van der Waals surface area contributed by atoms with Gasteiger partial charge in [-0.1, -0.05) is 59.3 Å². The molecule has 2 aromatic heterocycles. The van der Waals surface area contributed by atoms with E-state index in [1.807, 2.05) is 42.5 Å². The average Bonchev–Trinajstić information content (AvgIpc) is 3.33. The zero-order valence-corrected chi connectivity index (χ0v) is 15.8. The highest BCUT2D eigenvalue weighted by Gasteiger charge is 2.38. The molecule has 0 bridgehead atoms. The number of fused-ring (bicyclic) bond motifs is 3. The van der Waals surface area contributed by atoms with Gasteiger partial charge in [0.05, 0.1) is 10.5 Å². The van der Waals surface area contributed by atoms with E-state index in [0.717, 1.165) is 10.9 Å². The van der Waals surface area contributed by atoms with Crippen LogP contribution >= 0.6 is 22.9 Å². The third-order valence-corrected chi connectivity index (χ3v) is 5.68. The van der Waals surface area contributed by atoms with Gasteiger partial charge < -0.3 is 5.73 Å². The molecule has 1 unspecified atom stereocenters. The normalized spacial score (nSPS) is 15.8. The number of primary amides is 1. The molecule has 3 heterocycles. The van der Waals surface area contributed by atoms with E-state index in [0.29, 0.717) is 31.9 Å². The number of halogens is 1. The number of nitrogens with zero attached hydrogens (tertiary/aromatic N) is 4. The van der Waals surface area contributed by atoms with E-state index in [2.05, 4.69) is 15.2 Å². The molecular weight excluding hydrogens is 398 g/mol. The molecule has 0 aliphatic carbocycles. The molecule has 0 fully saturated rings. The van der Waals surface area contributed by atoms with Gasteiger partial charge in [-0.25, -0.2) is 4.84 Å². The van der Waals surface area contributed by atoms with Crippen molar-refractivity contribution in [3.8, 4) is 10.6 Å². The first-order valence-electron chi connectivity index (χ1n) is 8.36. The minimum absolute atomic E-state index is 0.457. The highest BCUT2D eigenvalue weighted by atomic mass is 35.5. The molecule has 4 aromatic rings. The Balaban J connectivity index is 1.66. The lowest BCUT2D eigenvalue weighted by molar-refractivity contribution is -0.128. The van der Waals surface area contributed by atoms with Crippen molar-refractivity contribution in [1.82, 2.24) is 15.2 Å². The van der Waals surface area contributed by atoms with E-state index in [1.165, 1.54) is 16.4 Å². The van der Waals surface area contributed by atoms with E-state index in [9.17, 15) is 4.79 Å². The second-order valence-corrected chi connectivity index (χ2v) is 7.49. The van der Waals surface area contributed by atoms with Crippen molar-refractivity contribution >= 4 is 50.6 Å². The number of carbonyl (C=O) groups excluding carboxylic acids is 1. The lowest BCUT2D eigenvalue weighted by Crippen LogP contribution is -2.23. The van der Waals surface area contributed by atoms with Gasteiger partial charge in [0, 0.05) is 22.7 Å². The highest BCUT2D eigenvalue weighted by Crippen LogP contribution is 2.47. The minimum Gasteiger partial charge on any atom is -0.367 e. The van der Waals surface area contributed by atoms with Crippen LogP contribution in [0.5, 0.6) is 0 Å². The number of rotatable bonds is 3. The van der Waals surface area contributed by atoms with Crippen LogP contribution in [0.3, 0.4) is 0 Å². The summed E-state index contributed by atoms with van der Waals surface area (Å²) < 4.78 is 0. The number of aromatic nitrogens is 3. The number of hydrogen-bond donors (Lipinski definition) is 1. The molecule has 9 heteroatoms. The average molecular weight is 410 g/mol. The zero-order chi connectivity index (χ0) is 19.3. The van der Waals surface area contributed by atoms with Crippen LogP contribution in [0.25, 0.3) is 21.5 Å². The van der Waals surface area contributed by atoms with E-state index in [4.69, 9.17) is 22.2 Å². The van der Waals surface area contributed by atoms with E-state index < -0.39 is 12.0 Å². The maximum atomic E-state index is 11.9. The number of amides is 1. The maximum Gasteiger partial charge on any atom is 0.254 e. The summed E-state index contributed by atoms with van der Waals surface area (Å²) in [6, 6.07) is 14.9. The standard InChI is InChI=1S/C19H12ClN5O2S/c20-13-6-2-1-5-11(13)18-23-24-19(28-18)25-15-12(16(27-25)17(21)26)8-7-10-4-3-9-22-14(10)15/h1-9,16H,(H2,21,26). The molecule has 0 spiro atoms. The Hall–Kier alpha value is -3.07. The molecule has 138 valence electrons. The molecule has 7 nitrogen and oxygen atoms in total. The van der Waals surface area contributed by atoms with Crippen LogP contribution in [-0.2, 0) is 9.63 Å². The summed E-state index contributed by atoms with van der Waals surface area (Å²) >= 11 is 7.57. The minimum atomic E-state index is -0.922. The number of pyridine rings is 1. The molecule has 2 aromatic carbocycles. The molecule has 0 saturated carbocycles. The molecular formula is C19H12ClN5O2S. The monoisotopic (exact) mass is 409 g/mol. The van der Waals surface area contributed by atoms with Gasteiger partial charge >= 0.3 is 0 Å². The Morgan fingerprint density at radius 1 is 1.14 bits per heavy atom. The van der Waals surface area contributed by atoms with Crippen molar-refractivity contribution in [1.29, 1.82) is 0 Å². The topological polar surface area (TPSA) is 94.2 Å². The molecule has 1 aliphatic rings. The lowest BCUT2D eigenvalue weighted by Gasteiger charge is -2.15. The number of nitrogens with two attached hydrogens (primary N) is 1. The van der Waals surface area contributed by atoms with Crippen molar-refractivity contribution in [2.45, 2.75) is 6.10 Å². The van der Waals surface area contributed by atoms with Gasteiger partial charge in [0.2, 0.25) is 5.13 Å².